The van der Waals surface area contributed by atoms with E-state index in [0.29, 0.717) is 43.6 Å². The number of hydrogen-bond donors (Lipinski definition) is 2. The highest BCUT2D eigenvalue weighted by atomic mass is 35.5. The summed E-state index contributed by atoms with van der Waals surface area (Å²) in [6, 6.07) is 11.4. The number of methoxy groups -OCH3 is 1. The number of anilines is 1. The Morgan fingerprint density at radius 3 is 2.81 bits per heavy atom. The second-order valence-electron chi connectivity index (χ2n) is 12.6. The van der Waals surface area contributed by atoms with Gasteiger partial charge in [-0.15, -0.1) is 0 Å². The molecule has 0 radical (unpaired) electrons. The lowest BCUT2D eigenvalue weighted by molar-refractivity contribution is 0.0132. The van der Waals surface area contributed by atoms with Crippen molar-refractivity contribution in [3.8, 4) is 5.75 Å². The molecule has 2 aliphatic carbocycles. The first kappa shape index (κ1) is 30.4. The molecule has 2 aromatic rings. The molecule has 6 rings (SSSR count). The molecule has 4 aliphatic rings. The van der Waals surface area contributed by atoms with Crippen LogP contribution in [0.2, 0.25) is 5.02 Å². The molecule has 5 atom stereocenters. The van der Waals surface area contributed by atoms with E-state index in [9.17, 15) is 18.3 Å². The van der Waals surface area contributed by atoms with Crippen LogP contribution in [-0.4, -0.2) is 64.2 Å². The number of carbonyl (C=O) groups excluding carboxylic acids is 1. The van der Waals surface area contributed by atoms with Crippen molar-refractivity contribution >= 4 is 33.2 Å². The molecule has 0 saturated heterocycles. The van der Waals surface area contributed by atoms with Crippen LogP contribution >= 0.6 is 11.6 Å². The quantitative estimate of drug-likeness (QED) is 0.460. The number of rotatable bonds is 3. The number of nitrogens with one attached hydrogen (secondary N) is 1. The Morgan fingerprint density at radius 2 is 2.05 bits per heavy atom. The minimum atomic E-state index is -4.02. The van der Waals surface area contributed by atoms with Crippen LogP contribution in [0.4, 0.5) is 5.69 Å². The zero-order valence-electron chi connectivity index (χ0n) is 24.6. The number of aliphatic hydroxyl groups is 1. The predicted molar refractivity (Wildman–Crippen MR) is 167 cm³/mol. The molecule has 0 unspecified atom stereocenters. The number of carbonyl (C=O) groups is 1. The fourth-order valence-electron chi connectivity index (χ4n) is 7.57. The van der Waals surface area contributed by atoms with Crippen molar-refractivity contribution < 1.29 is 27.8 Å². The van der Waals surface area contributed by atoms with E-state index in [0.717, 1.165) is 49.4 Å². The number of hydrogen-bond acceptors (Lipinski definition) is 7. The molecule has 2 N–H and O–H groups in total. The Kier molecular flexibility index (Phi) is 8.79. The van der Waals surface area contributed by atoms with Crippen molar-refractivity contribution in [2.75, 3.05) is 38.3 Å². The maximum absolute atomic E-state index is 13.4. The maximum Gasteiger partial charge on any atom is 0.264 e. The second kappa shape index (κ2) is 12.4. The number of aliphatic hydroxyl groups excluding tert-OH is 1. The Hall–Kier alpha value is -2.59. The van der Waals surface area contributed by atoms with Gasteiger partial charge in [-0.05, 0) is 105 Å². The molecule has 2 aliphatic heterocycles. The first-order valence-corrected chi connectivity index (χ1v) is 17.3. The van der Waals surface area contributed by atoms with Crippen LogP contribution < -0.4 is 14.4 Å². The molecule has 2 heterocycles. The monoisotopic (exact) mass is 628 g/mol. The van der Waals surface area contributed by atoms with Gasteiger partial charge in [-0.2, -0.15) is 0 Å². The molecule has 1 fully saturated rings. The van der Waals surface area contributed by atoms with Gasteiger partial charge in [0, 0.05) is 42.8 Å². The van der Waals surface area contributed by atoms with Crippen molar-refractivity contribution in [1.82, 2.24) is 4.72 Å². The van der Waals surface area contributed by atoms with Gasteiger partial charge in [0.05, 0.1) is 23.6 Å². The Morgan fingerprint density at radius 1 is 1.19 bits per heavy atom. The number of aryl methyl sites for hydroxylation is 1. The first-order chi connectivity index (χ1) is 20.7. The summed E-state index contributed by atoms with van der Waals surface area (Å²) in [4.78, 5) is 15.8. The van der Waals surface area contributed by atoms with Gasteiger partial charge < -0.3 is 19.5 Å². The van der Waals surface area contributed by atoms with Gasteiger partial charge in [-0.1, -0.05) is 29.8 Å². The summed E-state index contributed by atoms with van der Waals surface area (Å²) in [5, 5.41) is 9.42. The van der Waals surface area contributed by atoms with Crippen LogP contribution in [0, 0.1) is 11.8 Å². The summed E-state index contributed by atoms with van der Waals surface area (Å²) >= 11 is 6.40. The van der Waals surface area contributed by atoms with Crippen LogP contribution in [0.15, 0.2) is 48.6 Å². The third-order valence-corrected chi connectivity index (χ3v) is 12.1. The molecular formula is C33H41ClN2O6S. The third-order valence-electron chi connectivity index (χ3n) is 10.0. The summed E-state index contributed by atoms with van der Waals surface area (Å²) in [6.45, 7) is 1.72. The van der Waals surface area contributed by atoms with Gasteiger partial charge in [0.1, 0.15) is 5.75 Å². The van der Waals surface area contributed by atoms with E-state index in [1.165, 1.54) is 11.1 Å². The standard InChI is InChI=1S/C33H41ClN2O6S/c1-41-30-7-3-2-6-26(14-16-37)43(39,40)35-32(38)23-9-13-31-29(18-23)36(19-24-8-11-27(24)30)20-33(21-42-31)15-4-5-22-17-25(34)10-12-28(22)33/h3,7,9-10,12-13,17-18,24,26-27,30,37H,2,4-6,8,11,14-16,19-21H2,1H3,(H,35,38)/b7-3+/t24-,26+,27+,30-,33-/m0/s1. The zero-order chi connectivity index (χ0) is 30.2. The zero-order valence-corrected chi connectivity index (χ0v) is 26.2. The number of halogens is 1. The number of amides is 1. The summed E-state index contributed by atoms with van der Waals surface area (Å²) in [5.74, 6) is 0.735. The van der Waals surface area contributed by atoms with Crippen LogP contribution in [-0.2, 0) is 26.6 Å². The molecule has 2 aromatic carbocycles. The van der Waals surface area contributed by atoms with Crippen molar-refractivity contribution in [2.24, 2.45) is 11.8 Å². The largest absolute Gasteiger partial charge is 0.490 e. The number of allylic oxidation sites excluding steroid dienone is 1. The molecule has 10 heteroatoms. The average molecular weight is 629 g/mol. The minimum Gasteiger partial charge on any atom is -0.490 e. The maximum atomic E-state index is 13.4. The molecule has 2 bridgehead atoms. The molecule has 1 amide bonds. The van der Waals surface area contributed by atoms with Gasteiger partial charge >= 0.3 is 0 Å². The van der Waals surface area contributed by atoms with E-state index in [1.807, 2.05) is 12.1 Å². The summed E-state index contributed by atoms with van der Waals surface area (Å²) < 4.78 is 41.3. The van der Waals surface area contributed by atoms with E-state index in [2.05, 4.69) is 27.8 Å². The van der Waals surface area contributed by atoms with Gasteiger partial charge in [0.15, 0.2) is 0 Å². The fraction of sp³-hybridized carbons (Fsp3) is 0.545. The molecule has 0 aromatic heterocycles. The van der Waals surface area contributed by atoms with Gasteiger partial charge in [0.2, 0.25) is 10.0 Å². The highest BCUT2D eigenvalue weighted by Crippen LogP contribution is 2.47. The topological polar surface area (TPSA) is 105 Å². The summed E-state index contributed by atoms with van der Waals surface area (Å²) in [5.41, 5.74) is 3.34. The van der Waals surface area contributed by atoms with E-state index >= 15 is 0 Å². The van der Waals surface area contributed by atoms with Crippen molar-refractivity contribution in [3.63, 3.8) is 0 Å². The SMILES string of the molecule is CO[C@H]1/C=C/CC[C@H](CCO)S(=O)(=O)NC(=O)c2ccc3c(c2)N(C[C@@H]2CC[C@H]21)C[C@@]1(CCCc2cc(Cl)ccc21)CO3. The van der Waals surface area contributed by atoms with Crippen molar-refractivity contribution in [3.05, 3.63) is 70.3 Å². The molecular weight excluding hydrogens is 588 g/mol. The van der Waals surface area contributed by atoms with Gasteiger partial charge in [-0.3, -0.25) is 4.79 Å². The highest BCUT2D eigenvalue weighted by molar-refractivity contribution is 7.90. The number of ether oxygens (including phenoxy) is 2. The summed E-state index contributed by atoms with van der Waals surface area (Å²) in [7, 11) is -2.29. The van der Waals surface area contributed by atoms with Crippen molar-refractivity contribution in [1.29, 1.82) is 0 Å². The van der Waals surface area contributed by atoms with Crippen LogP contribution in [0.25, 0.3) is 0 Å². The lowest BCUT2D eigenvalue weighted by Crippen LogP contribution is -2.49. The fourth-order valence-corrected chi connectivity index (χ4v) is 9.17. The lowest BCUT2D eigenvalue weighted by atomic mass is 9.68. The van der Waals surface area contributed by atoms with Crippen LogP contribution in [0.3, 0.4) is 0 Å². The molecule has 8 nitrogen and oxygen atoms in total. The number of nitrogens with zero attached hydrogens (tertiary/aromatic N) is 1. The predicted octanol–water partition coefficient (Wildman–Crippen LogP) is 5.01. The molecule has 1 saturated carbocycles. The lowest BCUT2D eigenvalue weighted by Gasteiger charge is -2.46. The van der Waals surface area contributed by atoms with Gasteiger partial charge in [-0.25, -0.2) is 13.1 Å². The number of sulfonamides is 1. The Balaban J connectivity index is 1.42. The average Bonchev–Trinajstić information content (AvgIpc) is 3.12. The minimum absolute atomic E-state index is 0.0510. The Labute approximate surface area is 259 Å². The summed E-state index contributed by atoms with van der Waals surface area (Å²) in [6.07, 6.45) is 9.95. The number of fused-ring (bicyclic) bond motifs is 4. The van der Waals surface area contributed by atoms with E-state index in [4.69, 9.17) is 21.1 Å². The van der Waals surface area contributed by atoms with Crippen LogP contribution in [0.5, 0.6) is 5.75 Å². The van der Waals surface area contributed by atoms with Crippen molar-refractivity contribution in [2.45, 2.75) is 68.1 Å². The highest BCUT2D eigenvalue weighted by Gasteiger charge is 2.44. The van der Waals surface area contributed by atoms with E-state index < -0.39 is 21.2 Å². The van der Waals surface area contributed by atoms with E-state index in [-0.39, 0.29) is 30.1 Å². The molecule has 1 spiro atoms. The normalized spacial score (nSPS) is 31.0. The smallest absolute Gasteiger partial charge is 0.264 e. The van der Waals surface area contributed by atoms with Crippen LogP contribution in [0.1, 0.15) is 66.4 Å². The van der Waals surface area contributed by atoms with Gasteiger partial charge in [0.25, 0.3) is 5.91 Å². The third kappa shape index (κ3) is 6.06. The molecule has 232 valence electrons. The first-order valence-electron chi connectivity index (χ1n) is 15.4. The second-order valence-corrected chi connectivity index (χ2v) is 15.0. The number of benzene rings is 2. The Bertz CT molecular complexity index is 1500. The molecule has 43 heavy (non-hydrogen) atoms. The van der Waals surface area contributed by atoms with E-state index in [1.54, 1.807) is 25.3 Å².